The van der Waals surface area contributed by atoms with Crippen molar-refractivity contribution >= 4 is 35.3 Å². The SMILES string of the molecule is O=C(NC12CC3CC(CC(C3)C1)C2)OCc1ccccc1[N+](=O)[O-].O=C(OCc1ccccc1[N+](=O)[O-])N(C12CC3CC(CC(C3)C1)C2)C12CC3CC(CC(C3)C1)C2.O=C(OCc1ccccc1[N+](=O)[O-])N(C1CCCC1)C1CCCC1. The summed E-state index contributed by atoms with van der Waals surface area (Å²) in [5, 5.41) is 36.7. The number of para-hydroxylation sites is 3. The Morgan fingerprint density at radius 1 is 0.439 bits per heavy atom. The predicted molar refractivity (Wildman–Crippen MR) is 304 cm³/mol. The normalized spacial score (nSPS) is 33.1. The van der Waals surface area contributed by atoms with Gasteiger partial charge in [-0.3, -0.25) is 35.2 Å². The number of hydrogen-bond acceptors (Lipinski definition) is 12. The Bertz CT molecular complexity index is 2720. The van der Waals surface area contributed by atoms with Crippen molar-refractivity contribution in [2.45, 2.75) is 215 Å². The number of nitro benzene ring substituents is 3. The largest absolute Gasteiger partial charge is 0.444 e. The van der Waals surface area contributed by atoms with Crippen LogP contribution in [0.1, 0.15) is 184 Å². The van der Waals surface area contributed by atoms with Crippen LogP contribution in [0, 0.1) is 83.6 Å². The highest BCUT2D eigenvalue weighted by Gasteiger charge is 2.64. The molecule has 1 N–H and O–H groups in total. The second-order valence-corrected chi connectivity index (χ2v) is 27.6. The lowest BCUT2D eigenvalue weighted by Gasteiger charge is -2.68. The van der Waals surface area contributed by atoms with Gasteiger partial charge in [-0.25, -0.2) is 14.4 Å². The molecule has 0 heterocycles. The Hall–Kier alpha value is -6.33. The number of carbonyl (C=O) groups is 3. The van der Waals surface area contributed by atoms with Crippen LogP contribution in [0.15, 0.2) is 72.8 Å². The molecule has 14 fully saturated rings. The minimum absolute atomic E-state index is 0.00131. The molecule has 82 heavy (non-hydrogen) atoms. The van der Waals surface area contributed by atoms with E-state index < -0.39 is 15.9 Å². The van der Waals surface area contributed by atoms with Gasteiger partial charge in [-0.15, -0.1) is 0 Å². The van der Waals surface area contributed by atoms with Crippen LogP contribution in [0.3, 0.4) is 0 Å². The first-order chi connectivity index (χ1) is 39.6. The van der Waals surface area contributed by atoms with E-state index in [9.17, 15) is 44.7 Å². The smallest absolute Gasteiger partial charge is 0.411 e. The zero-order chi connectivity index (χ0) is 56.8. The molecule has 0 saturated heterocycles. The lowest BCUT2D eigenvalue weighted by molar-refractivity contribution is -0.386. The highest BCUT2D eigenvalue weighted by Crippen LogP contribution is 2.65. The van der Waals surface area contributed by atoms with Crippen LogP contribution in [0.2, 0.25) is 0 Å². The molecular formula is C64H82N6O12. The van der Waals surface area contributed by atoms with E-state index in [4.69, 9.17) is 14.2 Å². The third-order valence-electron chi connectivity index (χ3n) is 21.8. The third kappa shape index (κ3) is 11.8. The average molecular weight is 1130 g/mol. The fourth-order valence-electron chi connectivity index (χ4n) is 20.0. The number of amides is 3. The summed E-state index contributed by atoms with van der Waals surface area (Å²) in [6, 6.07) is 20.0. The van der Waals surface area contributed by atoms with Gasteiger partial charge in [0.1, 0.15) is 19.8 Å². The van der Waals surface area contributed by atoms with E-state index in [0.29, 0.717) is 16.7 Å². The molecule has 0 unspecified atom stereocenters. The van der Waals surface area contributed by atoms with Crippen LogP contribution in [0.4, 0.5) is 31.4 Å². The van der Waals surface area contributed by atoms with E-state index in [-0.39, 0.29) is 82.7 Å². The van der Waals surface area contributed by atoms with Crippen molar-refractivity contribution in [2.75, 3.05) is 0 Å². The Morgan fingerprint density at radius 3 is 1.06 bits per heavy atom. The monoisotopic (exact) mass is 1130 g/mol. The molecule has 440 valence electrons. The van der Waals surface area contributed by atoms with Gasteiger partial charge in [0.15, 0.2) is 0 Å². The molecule has 18 heteroatoms. The number of rotatable bonds is 14. The quantitative estimate of drug-likeness (QED) is 0.0903. The fourth-order valence-corrected chi connectivity index (χ4v) is 20.0. The summed E-state index contributed by atoms with van der Waals surface area (Å²) in [5.74, 6) is 6.76. The highest BCUT2D eigenvalue weighted by molar-refractivity contribution is 5.71. The number of nitrogens with zero attached hydrogens (tertiary/aromatic N) is 5. The van der Waals surface area contributed by atoms with Crippen LogP contribution in [0.5, 0.6) is 0 Å². The van der Waals surface area contributed by atoms with Gasteiger partial charge < -0.3 is 24.4 Å². The zero-order valence-electron chi connectivity index (χ0n) is 47.4. The van der Waals surface area contributed by atoms with Crippen molar-refractivity contribution in [3.05, 3.63) is 120 Å². The first kappa shape index (κ1) is 56.2. The second-order valence-electron chi connectivity index (χ2n) is 27.6. The van der Waals surface area contributed by atoms with Gasteiger partial charge in [0.05, 0.1) is 31.5 Å². The third-order valence-corrected chi connectivity index (χ3v) is 21.8. The van der Waals surface area contributed by atoms with Gasteiger partial charge >= 0.3 is 18.3 Å². The van der Waals surface area contributed by atoms with Crippen LogP contribution in [-0.4, -0.2) is 71.5 Å². The molecule has 3 aromatic carbocycles. The van der Waals surface area contributed by atoms with Gasteiger partial charge in [0.25, 0.3) is 17.1 Å². The molecule has 14 aliphatic carbocycles. The topological polar surface area (TPSA) is 227 Å². The Labute approximate surface area is 480 Å². The predicted octanol–water partition coefficient (Wildman–Crippen LogP) is 14.7. The number of hydrogen-bond donors (Lipinski definition) is 1. The summed E-state index contributed by atoms with van der Waals surface area (Å²) in [7, 11) is 0. The van der Waals surface area contributed by atoms with Gasteiger partial charge in [0.2, 0.25) is 0 Å². The van der Waals surface area contributed by atoms with Crippen LogP contribution in [0.25, 0.3) is 0 Å². The maximum atomic E-state index is 14.2. The van der Waals surface area contributed by atoms with E-state index >= 15 is 0 Å². The van der Waals surface area contributed by atoms with Crippen molar-refractivity contribution < 1.29 is 43.4 Å². The molecule has 14 saturated carbocycles. The summed E-state index contributed by atoms with van der Waals surface area (Å²) in [6.07, 6.45) is 29.9. The number of carbonyl (C=O) groups excluding carboxylic acids is 3. The summed E-state index contributed by atoms with van der Waals surface area (Å²) >= 11 is 0. The molecule has 0 radical (unpaired) electrons. The van der Waals surface area contributed by atoms with Gasteiger partial charge in [-0.1, -0.05) is 62.1 Å². The lowest BCUT2D eigenvalue weighted by Crippen LogP contribution is -2.71. The first-order valence-corrected chi connectivity index (χ1v) is 31.1. The van der Waals surface area contributed by atoms with E-state index in [1.165, 1.54) is 76.0 Å². The summed E-state index contributed by atoms with van der Waals surface area (Å²) < 4.78 is 16.8. The maximum Gasteiger partial charge on any atom is 0.411 e. The molecule has 3 amide bonds. The van der Waals surface area contributed by atoms with Crippen LogP contribution < -0.4 is 5.32 Å². The molecule has 0 aromatic heterocycles. The van der Waals surface area contributed by atoms with Crippen molar-refractivity contribution in [1.82, 2.24) is 15.1 Å². The van der Waals surface area contributed by atoms with Crippen molar-refractivity contribution in [1.29, 1.82) is 0 Å². The minimum atomic E-state index is -0.449. The minimum Gasteiger partial charge on any atom is -0.444 e. The van der Waals surface area contributed by atoms with E-state index in [2.05, 4.69) is 10.2 Å². The molecular weight excluding hydrogens is 1040 g/mol. The number of ether oxygens (including phenoxy) is 3. The number of nitro groups is 3. The molecule has 17 rings (SSSR count). The standard InChI is InChI=1S/C28H36N2O4.C18H22N2O4.C18H24N2O4/c31-26(34-17-24-3-1-2-4-25(24)30(32)33)29(27-11-18-5-19(12-27)7-20(6-18)13-27)28-14-21-8-22(15-28)10-23(9-21)16-28;21-17(24-11-15-3-1-2-4-16(15)20(22)23)19-18-8-12-5-13(9-18)7-14(6-12)10-18;21-18(24-13-14-7-1-6-12-17(14)20(22)23)19(15-8-2-3-9-15)16-10-4-5-11-16/h1-4,18-23H,5-17H2;1-4,12-14H,5-11H2,(H,19,21);1,6-7,12,15-16H,2-5,8-11,13H2. The van der Waals surface area contributed by atoms with E-state index in [1.807, 2.05) is 4.90 Å². The van der Waals surface area contributed by atoms with Crippen LogP contribution in [-0.2, 0) is 34.0 Å². The lowest BCUT2D eigenvalue weighted by atomic mass is 9.48. The van der Waals surface area contributed by atoms with Crippen molar-refractivity contribution in [3.8, 4) is 0 Å². The van der Waals surface area contributed by atoms with Gasteiger partial charge in [-0.05, 0) is 213 Å². The van der Waals surface area contributed by atoms with Gasteiger partial charge in [0, 0.05) is 46.9 Å². The van der Waals surface area contributed by atoms with Gasteiger partial charge in [-0.2, -0.15) is 0 Å². The Morgan fingerprint density at radius 2 is 0.732 bits per heavy atom. The summed E-state index contributed by atoms with van der Waals surface area (Å²) in [6.45, 7) is -0.146. The van der Waals surface area contributed by atoms with Crippen molar-refractivity contribution in [3.63, 3.8) is 0 Å². The molecule has 18 nitrogen and oxygen atoms in total. The van der Waals surface area contributed by atoms with E-state index in [1.54, 1.807) is 54.6 Å². The molecule has 3 aromatic rings. The number of alkyl carbamates (subject to hydrolysis) is 1. The van der Waals surface area contributed by atoms with Crippen LogP contribution >= 0.6 is 0 Å². The van der Waals surface area contributed by atoms with E-state index in [0.717, 1.165) is 162 Å². The molecule has 14 aliphatic rings. The molecule has 0 atom stereocenters. The first-order valence-electron chi connectivity index (χ1n) is 31.1. The number of nitrogens with one attached hydrogen (secondary N) is 1. The number of benzene rings is 3. The maximum absolute atomic E-state index is 14.2. The Kier molecular flexibility index (Phi) is 16.0. The molecule has 12 bridgehead atoms. The fraction of sp³-hybridized carbons (Fsp3) is 0.672. The highest BCUT2D eigenvalue weighted by atomic mass is 16.6. The average Bonchev–Trinajstić information content (AvgIpc) is 1.05. The Balaban J connectivity index is 0.000000125. The zero-order valence-corrected chi connectivity index (χ0v) is 47.4. The van der Waals surface area contributed by atoms with Crippen molar-refractivity contribution in [2.24, 2.45) is 53.3 Å². The molecule has 0 aliphatic heterocycles. The molecule has 0 spiro atoms. The second kappa shape index (κ2) is 23.4. The summed E-state index contributed by atoms with van der Waals surface area (Å²) in [5.41, 5.74) is 1.15. The summed E-state index contributed by atoms with van der Waals surface area (Å²) in [4.78, 5) is 75.8.